The minimum absolute atomic E-state index is 0.435. The molecule has 1 aromatic rings. The van der Waals surface area contributed by atoms with Crippen LogP contribution in [0, 0.1) is 12.3 Å². The molecule has 0 heterocycles. The molecule has 0 spiro atoms. The summed E-state index contributed by atoms with van der Waals surface area (Å²) in [6.07, 6.45) is 7.22. The molecule has 0 aliphatic heterocycles. The van der Waals surface area contributed by atoms with Crippen molar-refractivity contribution < 1.29 is 0 Å². The normalized spacial score (nSPS) is 12.4. The Kier molecular flexibility index (Phi) is 5.80. The Balaban J connectivity index is 2.49. The minimum atomic E-state index is 0.435. The molecule has 0 bridgehead atoms. The van der Waals surface area contributed by atoms with E-state index < -0.39 is 0 Å². The lowest BCUT2D eigenvalue weighted by Gasteiger charge is -2.14. The van der Waals surface area contributed by atoms with Gasteiger partial charge in [0.15, 0.2) is 0 Å². The van der Waals surface area contributed by atoms with Crippen LogP contribution >= 0.6 is 0 Å². The van der Waals surface area contributed by atoms with Crippen LogP contribution in [0.25, 0.3) is 0 Å². The topological polar surface area (TPSA) is 12.0 Å². The molecule has 0 amide bonds. The van der Waals surface area contributed by atoms with Crippen molar-refractivity contribution in [1.29, 1.82) is 0 Å². The molecule has 1 N–H and O–H groups in total. The Morgan fingerprint density at radius 2 is 1.88 bits per heavy atom. The first-order valence-electron chi connectivity index (χ1n) is 6.43. The predicted molar refractivity (Wildman–Crippen MR) is 74.9 cm³/mol. The van der Waals surface area contributed by atoms with Gasteiger partial charge < -0.3 is 5.32 Å². The molecule has 1 unspecified atom stereocenters. The molecule has 92 valence electrons. The van der Waals surface area contributed by atoms with E-state index in [1.807, 2.05) is 0 Å². The van der Waals surface area contributed by atoms with Gasteiger partial charge in [0, 0.05) is 19.0 Å². The van der Waals surface area contributed by atoms with Gasteiger partial charge >= 0.3 is 0 Å². The molecule has 0 saturated heterocycles. The summed E-state index contributed by atoms with van der Waals surface area (Å²) in [5.41, 5.74) is 2.72. The van der Waals surface area contributed by atoms with E-state index in [4.69, 9.17) is 6.42 Å². The number of hydrogen-bond acceptors (Lipinski definition) is 1. The summed E-state index contributed by atoms with van der Waals surface area (Å²) in [5.74, 6) is 3.32. The monoisotopic (exact) mass is 229 g/mol. The molecule has 0 aliphatic rings. The number of terminal acetylenes is 1. The van der Waals surface area contributed by atoms with Crippen molar-refractivity contribution >= 4 is 0 Å². The average molecular weight is 229 g/mol. The summed E-state index contributed by atoms with van der Waals surface area (Å²) in [5, 5.41) is 3.49. The van der Waals surface area contributed by atoms with Crippen molar-refractivity contribution in [2.24, 2.45) is 0 Å². The molecule has 17 heavy (non-hydrogen) atoms. The third-order valence-corrected chi connectivity index (χ3v) is 3.10. The molecule has 0 fully saturated rings. The molecule has 1 rings (SSSR count). The standard InChI is InChI=1S/C16H23N/c1-5-7-16(6-2)17-12-14-8-10-15(11-9-14)13(3)4/h1,8-11,13,16-17H,6-7,12H2,2-4H3. The summed E-state index contributed by atoms with van der Waals surface area (Å²) in [6, 6.07) is 9.26. The summed E-state index contributed by atoms with van der Waals surface area (Å²) < 4.78 is 0. The van der Waals surface area contributed by atoms with Crippen molar-refractivity contribution in [2.75, 3.05) is 0 Å². The predicted octanol–water partition coefficient (Wildman–Crippen LogP) is 3.70. The van der Waals surface area contributed by atoms with Crippen molar-refractivity contribution in [1.82, 2.24) is 5.32 Å². The lowest BCUT2D eigenvalue weighted by atomic mass is 10.0. The molecule has 1 atom stereocenters. The van der Waals surface area contributed by atoms with E-state index in [2.05, 4.69) is 56.3 Å². The van der Waals surface area contributed by atoms with E-state index in [0.717, 1.165) is 19.4 Å². The van der Waals surface area contributed by atoms with Gasteiger partial charge in [-0.25, -0.2) is 0 Å². The number of hydrogen-bond donors (Lipinski definition) is 1. The quantitative estimate of drug-likeness (QED) is 0.733. The number of benzene rings is 1. The second-order valence-electron chi connectivity index (χ2n) is 4.79. The van der Waals surface area contributed by atoms with Gasteiger partial charge in [-0.1, -0.05) is 45.0 Å². The van der Waals surface area contributed by atoms with Crippen LogP contribution < -0.4 is 5.32 Å². The summed E-state index contributed by atoms with van der Waals surface area (Å²) in [7, 11) is 0. The maximum Gasteiger partial charge on any atom is 0.0240 e. The van der Waals surface area contributed by atoms with E-state index in [1.165, 1.54) is 11.1 Å². The van der Waals surface area contributed by atoms with Gasteiger partial charge in [0.1, 0.15) is 0 Å². The fraction of sp³-hybridized carbons (Fsp3) is 0.500. The smallest absolute Gasteiger partial charge is 0.0240 e. The zero-order valence-electron chi connectivity index (χ0n) is 11.2. The van der Waals surface area contributed by atoms with Crippen molar-refractivity contribution in [3.8, 4) is 12.3 Å². The number of rotatable bonds is 6. The van der Waals surface area contributed by atoms with Gasteiger partial charge in [0.2, 0.25) is 0 Å². The van der Waals surface area contributed by atoms with E-state index >= 15 is 0 Å². The zero-order chi connectivity index (χ0) is 12.7. The summed E-state index contributed by atoms with van der Waals surface area (Å²) >= 11 is 0. The van der Waals surface area contributed by atoms with E-state index in [9.17, 15) is 0 Å². The molecule has 1 nitrogen and oxygen atoms in total. The lowest BCUT2D eigenvalue weighted by molar-refractivity contribution is 0.506. The highest BCUT2D eigenvalue weighted by Crippen LogP contribution is 2.14. The summed E-state index contributed by atoms with van der Waals surface area (Å²) in [6.45, 7) is 7.50. The molecule has 0 radical (unpaired) electrons. The molecular weight excluding hydrogens is 206 g/mol. The van der Waals surface area contributed by atoms with Crippen molar-refractivity contribution in [3.05, 3.63) is 35.4 Å². The second kappa shape index (κ2) is 7.14. The average Bonchev–Trinajstić information content (AvgIpc) is 2.35. The highest BCUT2D eigenvalue weighted by Gasteiger charge is 2.04. The Labute approximate surface area is 106 Å². The van der Waals surface area contributed by atoms with Crippen LogP contribution in [0.3, 0.4) is 0 Å². The fourth-order valence-corrected chi connectivity index (χ4v) is 1.79. The third kappa shape index (κ3) is 4.63. The molecule has 0 aromatic heterocycles. The highest BCUT2D eigenvalue weighted by atomic mass is 14.9. The Hall–Kier alpha value is -1.26. The fourth-order valence-electron chi connectivity index (χ4n) is 1.79. The van der Waals surface area contributed by atoms with E-state index in [-0.39, 0.29) is 0 Å². The molecule has 1 heteroatoms. The van der Waals surface area contributed by atoms with Crippen molar-refractivity contribution in [2.45, 2.75) is 52.1 Å². The van der Waals surface area contributed by atoms with Gasteiger partial charge in [-0.3, -0.25) is 0 Å². The van der Waals surface area contributed by atoms with E-state index in [0.29, 0.717) is 12.0 Å². The van der Waals surface area contributed by atoms with E-state index in [1.54, 1.807) is 0 Å². The second-order valence-corrected chi connectivity index (χ2v) is 4.79. The maximum atomic E-state index is 5.34. The molecular formula is C16H23N. The first-order valence-corrected chi connectivity index (χ1v) is 6.43. The van der Waals surface area contributed by atoms with Crippen LogP contribution in [0.4, 0.5) is 0 Å². The Morgan fingerprint density at radius 3 is 2.35 bits per heavy atom. The zero-order valence-corrected chi connectivity index (χ0v) is 11.2. The minimum Gasteiger partial charge on any atom is -0.309 e. The highest BCUT2D eigenvalue weighted by molar-refractivity contribution is 5.24. The van der Waals surface area contributed by atoms with Crippen LogP contribution in [0.1, 0.15) is 50.7 Å². The maximum absolute atomic E-state index is 5.34. The van der Waals surface area contributed by atoms with Crippen molar-refractivity contribution in [3.63, 3.8) is 0 Å². The molecule has 0 saturated carbocycles. The van der Waals surface area contributed by atoms with Crippen LogP contribution in [0.2, 0.25) is 0 Å². The lowest BCUT2D eigenvalue weighted by Crippen LogP contribution is -2.27. The number of nitrogens with one attached hydrogen (secondary N) is 1. The molecule has 0 aliphatic carbocycles. The Bertz CT molecular complexity index is 356. The molecule has 1 aromatic carbocycles. The van der Waals surface area contributed by atoms with Gasteiger partial charge in [-0.05, 0) is 23.5 Å². The summed E-state index contributed by atoms with van der Waals surface area (Å²) in [4.78, 5) is 0. The van der Waals surface area contributed by atoms with Crippen LogP contribution in [0.15, 0.2) is 24.3 Å². The Morgan fingerprint density at radius 1 is 1.24 bits per heavy atom. The third-order valence-electron chi connectivity index (χ3n) is 3.10. The van der Waals surface area contributed by atoms with Gasteiger partial charge in [-0.15, -0.1) is 12.3 Å². The van der Waals surface area contributed by atoms with Crippen LogP contribution in [-0.2, 0) is 6.54 Å². The SMILES string of the molecule is C#CCC(CC)NCc1ccc(C(C)C)cc1. The van der Waals surface area contributed by atoms with Gasteiger partial charge in [0.05, 0.1) is 0 Å². The largest absolute Gasteiger partial charge is 0.309 e. The first kappa shape index (κ1) is 13.8. The van der Waals surface area contributed by atoms with Crippen LogP contribution in [0.5, 0.6) is 0 Å². The van der Waals surface area contributed by atoms with Gasteiger partial charge in [-0.2, -0.15) is 0 Å². The van der Waals surface area contributed by atoms with Gasteiger partial charge in [0.25, 0.3) is 0 Å². The van der Waals surface area contributed by atoms with Crippen LogP contribution in [-0.4, -0.2) is 6.04 Å². The first-order chi connectivity index (χ1) is 8.17.